The van der Waals surface area contributed by atoms with E-state index in [0.29, 0.717) is 35.0 Å². The van der Waals surface area contributed by atoms with Crippen LogP contribution in [0.5, 0.6) is 11.5 Å². The maximum absolute atomic E-state index is 15.3. The van der Waals surface area contributed by atoms with E-state index in [1.54, 1.807) is 20.3 Å². The molecule has 1 unspecified atom stereocenters. The molecule has 2 aromatic rings. The highest BCUT2D eigenvalue weighted by Crippen LogP contribution is 2.48. The van der Waals surface area contributed by atoms with Gasteiger partial charge in [0.05, 0.1) is 19.9 Å². The lowest BCUT2D eigenvalue weighted by Crippen LogP contribution is -2.52. The van der Waals surface area contributed by atoms with Gasteiger partial charge in [-0.15, -0.1) is 0 Å². The van der Waals surface area contributed by atoms with Gasteiger partial charge in [-0.05, 0) is 61.1 Å². The Bertz CT molecular complexity index is 1020. The minimum absolute atomic E-state index is 0.194. The average molecular weight is 411 g/mol. The minimum Gasteiger partial charge on any atom is -0.493 e. The highest BCUT2D eigenvalue weighted by Gasteiger charge is 2.51. The summed E-state index contributed by atoms with van der Waals surface area (Å²) in [4.78, 5) is 15.4. The molecule has 6 nitrogen and oxygen atoms in total. The molecule has 1 saturated heterocycles. The van der Waals surface area contributed by atoms with E-state index >= 15 is 4.39 Å². The summed E-state index contributed by atoms with van der Waals surface area (Å²) >= 11 is 0. The van der Waals surface area contributed by atoms with Crippen LogP contribution in [0.15, 0.2) is 24.3 Å². The number of carbonyl (C=O) groups excluding carboxylic acids is 1. The first kappa shape index (κ1) is 19.2. The number of nitrogens with zero attached hydrogens (tertiary/aromatic N) is 1. The molecule has 2 aromatic carbocycles. The number of fused-ring (bicyclic) bond motifs is 4. The van der Waals surface area contributed by atoms with E-state index in [4.69, 9.17) is 9.47 Å². The zero-order valence-electron chi connectivity index (χ0n) is 17.3. The Morgan fingerprint density at radius 2 is 1.73 bits per heavy atom. The van der Waals surface area contributed by atoms with Gasteiger partial charge < -0.3 is 19.7 Å². The van der Waals surface area contributed by atoms with Gasteiger partial charge in [0.1, 0.15) is 5.82 Å². The van der Waals surface area contributed by atoms with Crippen molar-refractivity contribution in [2.75, 3.05) is 44.1 Å². The Morgan fingerprint density at radius 1 is 1.00 bits per heavy atom. The molecule has 1 atom stereocenters. The number of halogens is 1. The predicted octanol–water partition coefficient (Wildman–Crippen LogP) is 3.17. The van der Waals surface area contributed by atoms with Crippen LogP contribution < -0.4 is 25.0 Å². The molecular formula is C23H26FN3O3. The fourth-order valence-corrected chi connectivity index (χ4v) is 5.09. The molecule has 1 amide bonds. The summed E-state index contributed by atoms with van der Waals surface area (Å²) in [5.74, 6) is 0.686. The van der Waals surface area contributed by atoms with E-state index in [1.165, 1.54) is 12.5 Å². The van der Waals surface area contributed by atoms with Crippen molar-refractivity contribution in [3.05, 3.63) is 46.8 Å². The smallest absolute Gasteiger partial charge is 0.254 e. The molecule has 0 saturated carbocycles. The van der Waals surface area contributed by atoms with Gasteiger partial charge in [-0.2, -0.15) is 0 Å². The number of hydrogen-bond donors (Lipinski definition) is 2. The zero-order chi connectivity index (χ0) is 20.9. The molecule has 0 bridgehead atoms. The van der Waals surface area contributed by atoms with Crippen LogP contribution in [0, 0.1) is 5.82 Å². The standard InChI is InChI=1S/C23H26FN3O3/c1-29-20-10-14-6-7-25-23(15(14)12-21(20)30-2)16-11-17(24)19(13-18(16)26-22(23)28)27-8-4-3-5-9-27/h10-13,25H,3-9H2,1-2H3,(H,26,28). The van der Waals surface area contributed by atoms with E-state index in [1.807, 2.05) is 12.1 Å². The highest BCUT2D eigenvalue weighted by atomic mass is 19.1. The topological polar surface area (TPSA) is 62.8 Å². The number of nitrogens with one attached hydrogen (secondary N) is 2. The van der Waals surface area contributed by atoms with Crippen molar-refractivity contribution in [3.8, 4) is 11.5 Å². The largest absolute Gasteiger partial charge is 0.493 e. The summed E-state index contributed by atoms with van der Waals surface area (Å²) < 4.78 is 26.2. The summed E-state index contributed by atoms with van der Waals surface area (Å²) in [6.07, 6.45) is 4.04. The molecule has 0 aromatic heterocycles. The van der Waals surface area contributed by atoms with E-state index < -0.39 is 5.54 Å². The molecule has 3 heterocycles. The molecule has 3 aliphatic heterocycles. The van der Waals surface area contributed by atoms with Crippen LogP contribution in [0.25, 0.3) is 0 Å². The molecule has 158 valence electrons. The molecule has 2 N–H and O–H groups in total. The maximum atomic E-state index is 15.3. The monoisotopic (exact) mass is 411 g/mol. The lowest BCUT2D eigenvalue weighted by molar-refractivity contribution is -0.120. The van der Waals surface area contributed by atoms with Crippen molar-refractivity contribution < 1.29 is 18.7 Å². The van der Waals surface area contributed by atoms with Gasteiger partial charge in [-0.3, -0.25) is 10.1 Å². The first-order valence-electron chi connectivity index (χ1n) is 10.5. The maximum Gasteiger partial charge on any atom is 0.254 e. The van der Waals surface area contributed by atoms with Crippen molar-refractivity contribution >= 4 is 17.3 Å². The van der Waals surface area contributed by atoms with Gasteiger partial charge in [0.2, 0.25) is 0 Å². The van der Waals surface area contributed by atoms with Gasteiger partial charge >= 0.3 is 0 Å². The lowest BCUT2D eigenvalue weighted by atomic mass is 9.77. The van der Waals surface area contributed by atoms with Crippen molar-refractivity contribution in [2.24, 2.45) is 0 Å². The van der Waals surface area contributed by atoms with Gasteiger partial charge in [0, 0.05) is 30.9 Å². The normalized spacial score (nSPS) is 22.5. The number of piperidine rings is 1. The number of amides is 1. The summed E-state index contributed by atoms with van der Waals surface area (Å²) in [6.45, 7) is 2.28. The molecule has 0 radical (unpaired) electrons. The molecule has 30 heavy (non-hydrogen) atoms. The number of methoxy groups -OCH3 is 2. The molecule has 5 rings (SSSR count). The third-order valence-corrected chi connectivity index (χ3v) is 6.57. The van der Waals surface area contributed by atoms with Gasteiger partial charge in [0.15, 0.2) is 17.0 Å². The van der Waals surface area contributed by atoms with Crippen molar-refractivity contribution in [2.45, 2.75) is 31.2 Å². The Labute approximate surface area is 175 Å². The number of ether oxygens (including phenoxy) is 2. The number of benzene rings is 2. The SMILES string of the molecule is COc1cc2c(cc1OC)C1(NCC2)C(=O)Nc2cc(N3CCCCC3)c(F)cc21. The number of hydrogen-bond acceptors (Lipinski definition) is 5. The molecule has 7 heteroatoms. The van der Waals surface area contributed by atoms with Crippen molar-refractivity contribution in [3.63, 3.8) is 0 Å². The van der Waals surface area contributed by atoms with E-state index in [2.05, 4.69) is 15.5 Å². The second-order valence-electron chi connectivity index (χ2n) is 8.14. The van der Waals surface area contributed by atoms with Crippen LogP contribution in [-0.4, -0.2) is 39.8 Å². The van der Waals surface area contributed by atoms with Crippen LogP contribution in [0.1, 0.15) is 36.0 Å². The third kappa shape index (κ3) is 2.68. The molecule has 3 aliphatic rings. The zero-order valence-corrected chi connectivity index (χ0v) is 17.3. The van der Waals surface area contributed by atoms with Crippen LogP contribution in [0.2, 0.25) is 0 Å². The predicted molar refractivity (Wildman–Crippen MR) is 113 cm³/mol. The molecule has 0 aliphatic carbocycles. The van der Waals surface area contributed by atoms with Crippen molar-refractivity contribution in [1.29, 1.82) is 0 Å². The summed E-state index contributed by atoms with van der Waals surface area (Å²) in [5.41, 5.74) is 2.50. The molecule has 1 spiro atoms. The molecule has 1 fully saturated rings. The van der Waals surface area contributed by atoms with E-state index in [0.717, 1.165) is 43.5 Å². The average Bonchev–Trinajstić information content (AvgIpc) is 3.04. The summed E-state index contributed by atoms with van der Waals surface area (Å²) in [5, 5.41) is 6.39. The Hall–Kier alpha value is -2.80. The fraction of sp³-hybridized carbons (Fsp3) is 0.435. The summed E-state index contributed by atoms with van der Waals surface area (Å²) in [6, 6.07) is 7.07. The van der Waals surface area contributed by atoms with Crippen LogP contribution >= 0.6 is 0 Å². The quantitative estimate of drug-likeness (QED) is 0.812. The Kier molecular flexibility index (Phi) is 4.58. The van der Waals surface area contributed by atoms with E-state index in [-0.39, 0.29) is 11.7 Å². The first-order valence-corrected chi connectivity index (χ1v) is 10.5. The minimum atomic E-state index is -1.14. The van der Waals surface area contributed by atoms with Crippen LogP contribution in [0.3, 0.4) is 0 Å². The fourth-order valence-electron chi connectivity index (χ4n) is 5.09. The van der Waals surface area contributed by atoms with Crippen LogP contribution in [-0.2, 0) is 16.8 Å². The Morgan fingerprint density at radius 3 is 2.47 bits per heavy atom. The molecular weight excluding hydrogens is 385 g/mol. The Balaban J connectivity index is 1.66. The highest BCUT2D eigenvalue weighted by molar-refractivity contribution is 6.09. The number of rotatable bonds is 3. The first-order chi connectivity index (χ1) is 14.6. The van der Waals surface area contributed by atoms with Gasteiger partial charge in [0.25, 0.3) is 5.91 Å². The van der Waals surface area contributed by atoms with Gasteiger partial charge in [-0.25, -0.2) is 4.39 Å². The number of anilines is 2. The third-order valence-electron chi connectivity index (χ3n) is 6.57. The lowest BCUT2D eigenvalue weighted by Gasteiger charge is -2.36. The summed E-state index contributed by atoms with van der Waals surface area (Å²) in [7, 11) is 3.16. The van der Waals surface area contributed by atoms with E-state index in [9.17, 15) is 4.79 Å². The van der Waals surface area contributed by atoms with Crippen LogP contribution in [0.4, 0.5) is 15.8 Å². The van der Waals surface area contributed by atoms with Crippen molar-refractivity contribution in [1.82, 2.24) is 5.32 Å². The second-order valence-corrected chi connectivity index (χ2v) is 8.14. The number of carbonyl (C=O) groups is 1. The van der Waals surface area contributed by atoms with Gasteiger partial charge in [-0.1, -0.05) is 0 Å². The second kappa shape index (κ2) is 7.16.